The van der Waals surface area contributed by atoms with E-state index in [2.05, 4.69) is 0 Å². The van der Waals surface area contributed by atoms with Gasteiger partial charge in [0.1, 0.15) is 12.7 Å². The zero-order valence-electron chi connectivity index (χ0n) is 16.0. The van der Waals surface area contributed by atoms with Gasteiger partial charge >= 0.3 is 17.9 Å². The van der Waals surface area contributed by atoms with Crippen molar-refractivity contribution in [2.75, 3.05) is 6.61 Å². The molecule has 9 heteroatoms. The maximum atomic E-state index is 11.6. The van der Waals surface area contributed by atoms with Crippen LogP contribution in [0.25, 0.3) is 0 Å². The molecule has 1 fully saturated rings. The third-order valence-electron chi connectivity index (χ3n) is 4.00. The number of nitrogens with two attached hydrogens (primary N) is 1. The highest BCUT2D eigenvalue weighted by atomic mass is 16.7. The van der Waals surface area contributed by atoms with Crippen LogP contribution in [-0.4, -0.2) is 55.2 Å². The van der Waals surface area contributed by atoms with Crippen LogP contribution in [0.4, 0.5) is 0 Å². The van der Waals surface area contributed by atoms with Crippen LogP contribution < -0.4 is 5.73 Å². The van der Waals surface area contributed by atoms with E-state index in [4.69, 9.17) is 29.4 Å². The van der Waals surface area contributed by atoms with E-state index in [1.165, 1.54) is 20.8 Å². The number of benzene rings is 1. The van der Waals surface area contributed by atoms with Crippen LogP contribution >= 0.6 is 0 Å². The molecule has 2 rings (SSSR count). The van der Waals surface area contributed by atoms with Gasteiger partial charge in [0.15, 0.2) is 18.5 Å². The van der Waals surface area contributed by atoms with Gasteiger partial charge in [-0.2, -0.15) is 0 Å². The van der Waals surface area contributed by atoms with E-state index in [-0.39, 0.29) is 13.2 Å². The predicted molar refractivity (Wildman–Crippen MR) is 95.6 cm³/mol. The third kappa shape index (κ3) is 6.29. The molecule has 154 valence electrons. The monoisotopic (exact) mass is 395 g/mol. The Kier molecular flexibility index (Phi) is 7.91. The van der Waals surface area contributed by atoms with Crippen LogP contribution in [-0.2, 0) is 44.7 Å². The fraction of sp³-hybridized carbons (Fsp3) is 0.526. The lowest BCUT2D eigenvalue weighted by Crippen LogP contribution is -2.64. The van der Waals surface area contributed by atoms with Crippen molar-refractivity contribution < 1.29 is 38.1 Å². The zero-order chi connectivity index (χ0) is 20.7. The van der Waals surface area contributed by atoms with Crippen LogP contribution in [0.2, 0.25) is 0 Å². The number of hydrogen-bond donors (Lipinski definition) is 1. The molecule has 1 saturated heterocycles. The average Bonchev–Trinajstić information content (AvgIpc) is 2.63. The molecule has 0 amide bonds. The first-order chi connectivity index (χ1) is 13.3. The molecule has 0 aliphatic carbocycles. The summed E-state index contributed by atoms with van der Waals surface area (Å²) in [6.07, 6.45) is -3.97. The van der Waals surface area contributed by atoms with Crippen molar-refractivity contribution in [1.82, 2.24) is 0 Å². The molecule has 2 N–H and O–H groups in total. The highest BCUT2D eigenvalue weighted by Gasteiger charge is 2.49. The molecule has 0 saturated carbocycles. The summed E-state index contributed by atoms with van der Waals surface area (Å²) in [4.78, 5) is 34.3. The number of ether oxygens (including phenoxy) is 5. The van der Waals surface area contributed by atoms with E-state index in [0.717, 1.165) is 5.56 Å². The molecular formula is C19H25NO8. The van der Waals surface area contributed by atoms with E-state index in [9.17, 15) is 14.4 Å². The molecule has 0 unspecified atom stereocenters. The lowest BCUT2D eigenvalue weighted by molar-refractivity contribution is -0.276. The van der Waals surface area contributed by atoms with Gasteiger partial charge in [-0.15, -0.1) is 0 Å². The van der Waals surface area contributed by atoms with Crippen LogP contribution in [0, 0.1) is 0 Å². The molecule has 0 radical (unpaired) electrons. The number of esters is 3. The Balaban J connectivity index is 2.19. The average molecular weight is 395 g/mol. The Morgan fingerprint density at radius 1 is 0.964 bits per heavy atom. The lowest BCUT2D eigenvalue weighted by atomic mass is 9.97. The minimum Gasteiger partial charge on any atom is -0.463 e. The third-order valence-corrected chi connectivity index (χ3v) is 4.00. The molecule has 9 nitrogen and oxygen atoms in total. The van der Waals surface area contributed by atoms with Gasteiger partial charge < -0.3 is 29.4 Å². The van der Waals surface area contributed by atoms with Crippen LogP contribution in [0.3, 0.4) is 0 Å². The quantitative estimate of drug-likeness (QED) is 0.524. The molecular weight excluding hydrogens is 370 g/mol. The van der Waals surface area contributed by atoms with E-state index < -0.39 is 48.6 Å². The molecule has 0 spiro atoms. The van der Waals surface area contributed by atoms with E-state index in [1.54, 1.807) is 0 Å². The second-order valence-corrected chi connectivity index (χ2v) is 6.37. The number of hydrogen-bond acceptors (Lipinski definition) is 9. The van der Waals surface area contributed by atoms with Crippen molar-refractivity contribution in [2.24, 2.45) is 5.73 Å². The van der Waals surface area contributed by atoms with Crippen LogP contribution in [0.5, 0.6) is 0 Å². The van der Waals surface area contributed by atoms with Gasteiger partial charge in [0.05, 0.1) is 12.6 Å². The lowest BCUT2D eigenvalue weighted by Gasteiger charge is -2.43. The summed E-state index contributed by atoms with van der Waals surface area (Å²) in [6.45, 7) is 3.64. The van der Waals surface area contributed by atoms with Crippen molar-refractivity contribution in [2.45, 2.75) is 58.0 Å². The van der Waals surface area contributed by atoms with Gasteiger partial charge in [0, 0.05) is 20.8 Å². The summed E-state index contributed by atoms with van der Waals surface area (Å²) in [5, 5.41) is 0. The zero-order valence-corrected chi connectivity index (χ0v) is 16.0. The largest absolute Gasteiger partial charge is 0.463 e. The summed E-state index contributed by atoms with van der Waals surface area (Å²) < 4.78 is 27.1. The molecule has 28 heavy (non-hydrogen) atoms. The van der Waals surface area contributed by atoms with Crippen LogP contribution in [0.15, 0.2) is 30.3 Å². The first-order valence-corrected chi connectivity index (χ1v) is 8.82. The smallest absolute Gasteiger partial charge is 0.303 e. The Morgan fingerprint density at radius 2 is 1.57 bits per heavy atom. The molecule has 1 aromatic rings. The maximum Gasteiger partial charge on any atom is 0.303 e. The predicted octanol–water partition coefficient (Wildman–Crippen LogP) is 0.682. The molecule has 0 aromatic heterocycles. The van der Waals surface area contributed by atoms with Crippen molar-refractivity contribution in [3.63, 3.8) is 0 Å². The van der Waals surface area contributed by atoms with E-state index in [0.29, 0.717) is 0 Å². The fourth-order valence-corrected chi connectivity index (χ4v) is 2.83. The summed E-state index contributed by atoms with van der Waals surface area (Å²) in [5.41, 5.74) is 7.08. The molecule has 5 atom stereocenters. The van der Waals surface area contributed by atoms with Crippen molar-refractivity contribution in [1.29, 1.82) is 0 Å². The number of carbonyl (C=O) groups excluding carboxylic acids is 3. The highest BCUT2D eigenvalue weighted by molar-refractivity contribution is 5.67. The van der Waals surface area contributed by atoms with Gasteiger partial charge in [-0.05, 0) is 5.56 Å². The minimum absolute atomic E-state index is 0.199. The van der Waals surface area contributed by atoms with E-state index >= 15 is 0 Å². The Hall–Kier alpha value is -2.49. The summed E-state index contributed by atoms with van der Waals surface area (Å²) in [5.74, 6) is -1.76. The van der Waals surface area contributed by atoms with Crippen molar-refractivity contribution in [3.05, 3.63) is 35.9 Å². The molecule has 0 bridgehead atoms. The van der Waals surface area contributed by atoms with Crippen molar-refractivity contribution >= 4 is 17.9 Å². The van der Waals surface area contributed by atoms with E-state index in [1.807, 2.05) is 30.3 Å². The standard InChI is InChI=1S/C19H25NO8/c1-11(21)24-10-15-17(26-12(2)22)18(27-13(3)23)16(20)19(28-15)25-9-14-7-5-4-6-8-14/h4-8,15-19H,9-10,20H2,1-3H3/t15-,16-,17-,18-,19-/m1/s1. The Morgan fingerprint density at radius 3 is 2.14 bits per heavy atom. The minimum atomic E-state index is -1.05. The van der Waals surface area contributed by atoms with Crippen molar-refractivity contribution in [3.8, 4) is 0 Å². The van der Waals surface area contributed by atoms with Crippen LogP contribution in [0.1, 0.15) is 26.3 Å². The van der Waals surface area contributed by atoms with Gasteiger partial charge in [-0.25, -0.2) is 0 Å². The number of rotatable bonds is 7. The molecule has 1 aliphatic rings. The second-order valence-electron chi connectivity index (χ2n) is 6.37. The SMILES string of the molecule is CC(=O)OC[C@H]1O[C@@H](OCc2ccccc2)[C@H](N)[C@@H](OC(C)=O)[C@@H]1OC(C)=O. The molecule has 1 aromatic carbocycles. The summed E-state index contributed by atoms with van der Waals surface area (Å²) in [7, 11) is 0. The normalized spacial score (nSPS) is 26.9. The Bertz CT molecular complexity index is 680. The Labute approximate surface area is 163 Å². The molecule has 1 heterocycles. The highest BCUT2D eigenvalue weighted by Crippen LogP contribution is 2.27. The topological polar surface area (TPSA) is 123 Å². The first kappa shape index (κ1) is 21.8. The maximum absolute atomic E-state index is 11.6. The summed E-state index contributed by atoms with van der Waals surface area (Å²) in [6, 6.07) is 8.42. The molecule has 1 aliphatic heterocycles. The first-order valence-electron chi connectivity index (χ1n) is 8.82. The van der Waals surface area contributed by atoms with Gasteiger partial charge in [0.25, 0.3) is 0 Å². The van der Waals surface area contributed by atoms with Gasteiger partial charge in [0.2, 0.25) is 0 Å². The number of carbonyl (C=O) groups is 3. The summed E-state index contributed by atoms with van der Waals surface area (Å²) >= 11 is 0. The second kappa shape index (κ2) is 10.2. The van der Waals surface area contributed by atoms with Gasteiger partial charge in [-0.3, -0.25) is 14.4 Å². The fourth-order valence-electron chi connectivity index (χ4n) is 2.83. The van der Waals surface area contributed by atoms with Gasteiger partial charge in [-0.1, -0.05) is 30.3 Å².